The average molecular weight is 263 g/mol. The van der Waals surface area contributed by atoms with Crippen molar-refractivity contribution in [1.29, 1.82) is 0 Å². The highest BCUT2D eigenvalue weighted by molar-refractivity contribution is 5.78. The first-order valence-electron chi connectivity index (χ1n) is 6.66. The second kappa shape index (κ2) is 6.06. The van der Waals surface area contributed by atoms with E-state index >= 15 is 0 Å². The molecule has 19 heavy (non-hydrogen) atoms. The molecule has 0 bridgehead atoms. The fourth-order valence-corrected chi connectivity index (χ4v) is 2.30. The Morgan fingerprint density at radius 3 is 2.74 bits per heavy atom. The van der Waals surface area contributed by atoms with E-state index in [9.17, 15) is 4.79 Å². The molecule has 0 radical (unpaired) electrons. The number of carbonyl (C=O) groups excluding carboxylic acids is 1. The topological polar surface area (TPSA) is 38.8 Å². The quantitative estimate of drug-likeness (QED) is 0.836. The third-order valence-electron chi connectivity index (χ3n) is 3.34. The van der Waals surface area contributed by atoms with Gasteiger partial charge in [-0.2, -0.15) is 0 Å². The normalized spacial score (nSPS) is 19.3. The minimum absolute atomic E-state index is 0.0257. The highest BCUT2D eigenvalue weighted by Gasteiger charge is 2.21. The van der Waals surface area contributed by atoms with E-state index in [4.69, 9.17) is 9.47 Å². The summed E-state index contributed by atoms with van der Waals surface area (Å²) in [7, 11) is 0. The van der Waals surface area contributed by atoms with Gasteiger partial charge in [0, 0.05) is 13.1 Å². The number of hydrogen-bond donors (Lipinski definition) is 0. The van der Waals surface area contributed by atoms with E-state index in [-0.39, 0.29) is 18.6 Å². The van der Waals surface area contributed by atoms with Gasteiger partial charge in [0.1, 0.15) is 5.75 Å². The van der Waals surface area contributed by atoms with E-state index in [1.807, 2.05) is 43.9 Å². The van der Waals surface area contributed by atoms with Crippen molar-refractivity contribution in [2.45, 2.75) is 26.9 Å². The number of para-hydroxylation sites is 1. The van der Waals surface area contributed by atoms with Gasteiger partial charge in [-0.1, -0.05) is 18.2 Å². The largest absolute Gasteiger partial charge is 0.483 e. The van der Waals surface area contributed by atoms with Crippen LogP contribution in [0.2, 0.25) is 0 Å². The summed E-state index contributed by atoms with van der Waals surface area (Å²) in [5.41, 5.74) is 2.12. The molecule has 1 aliphatic rings. The van der Waals surface area contributed by atoms with E-state index in [0.29, 0.717) is 19.7 Å². The maximum absolute atomic E-state index is 12.1. The molecule has 1 aromatic rings. The van der Waals surface area contributed by atoms with Gasteiger partial charge >= 0.3 is 0 Å². The molecular formula is C15H21NO3. The maximum Gasteiger partial charge on any atom is 0.260 e. The number of aryl methyl sites for hydroxylation is 2. The average Bonchev–Trinajstić information content (AvgIpc) is 2.38. The first kappa shape index (κ1) is 13.9. The van der Waals surface area contributed by atoms with Gasteiger partial charge in [-0.15, -0.1) is 0 Å². The third kappa shape index (κ3) is 3.47. The zero-order valence-electron chi connectivity index (χ0n) is 11.8. The van der Waals surface area contributed by atoms with Crippen LogP contribution in [0.1, 0.15) is 18.1 Å². The Bertz CT molecular complexity index is 438. The van der Waals surface area contributed by atoms with Crippen LogP contribution in [-0.2, 0) is 9.53 Å². The van der Waals surface area contributed by atoms with Crippen molar-refractivity contribution in [3.8, 4) is 5.75 Å². The number of morpholine rings is 1. The summed E-state index contributed by atoms with van der Waals surface area (Å²) in [4.78, 5) is 13.9. The number of ether oxygens (including phenoxy) is 2. The van der Waals surface area contributed by atoms with Crippen molar-refractivity contribution in [2.24, 2.45) is 0 Å². The molecule has 2 rings (SSSR count). The van der Waals surface area contributed by atoms with Crippen LogP contribution in [0.5, 0.6) is 5.75 Å². The molecule has 1 aromatic carbocycles. The van der Waals surface area contributed by atoms with Crippen LogP contribution in [-0.4, -0.2) is 43.2 Å². The van der Waals surface area contributed by atoms with Gasteiger partial charge < -0.3 is 14.4 Å². The van der Waals surface area contributed by atoms with E-state index in [1.54, 1.807) is 0 Å². The van der Waals surface area contributed by atoms with Crippen LogP contribution in [0.4, 0.5) is 0 Å². The SMILES string of the molecule is Cc1cccc(C)c1OCC(=O)N1CCOC(C)C1. The number of amides is 1. The van der Waals surface area contributed by atoms with E-state index in [1.165, 1.54) is 0 Å². The van der Waals surface area contributed by atoms with Gasteiger partial charge in [0.05, 0.1) is 12.7 Å². The van der Waals surface area contributed by atoms with Crippen molar-refractivity contribution < 1.29 is 14.3 Å². The second-order valence-corrected chi connectivity index (χ2v) is 5.03. The molecule has 0 aliphatic carbocycles. The Kier molecular flexibility index (Phi) is 4.43. The first-order valence-corrected chi connectivity index (χ1v) is 6.66. The Balaban J connectivity index is 1.93. The van der Waals surface area contributed by atoms with Crippen LogP contribution < -0.4 is 4.74 Å². The second-order valence-electron chi connectivity index (χ2n) is 5.03. The molecule has 0 spiro atoms. The fourth-order valence-electron chi connectivity index (χ4n) is 2.30. The molecule has 1 fully saturated rings. The zero-order chi connectivity index (χ0) is 13.8. The molecule has 1 heterocycles. The smallest absolute Gasteiger partial charge is 0.260 e. The predicted octanol–water partition coefficient (Wildman–Crippen LogP) is 1.93. The Hall–Kier alpha value is -1.55. The van der Waals surface area contributed by atoms with Crippen LogP contribution >= 0.6 is 0 Å². The van der Waals surface area contributed by atoms with Crippen molar-refractivity contribution in [3.05, 3.63) is 29.3 Å². The van der Waals surface area contributed by atoms with Gasteiger partial charge in [0.2, 0.25) is 0 Å². The Morgan fingerprint density at radius 2 is 2.11 bits per heavy atom. The number of rotatable bonds is 3. The Labute approximate surface area is 114 Å². The van der Waals surface area contributed by atoms with Crippen molar-refractivity contribution in [2.75, 3.05) is 26.3 Å². The third-order valence-corrected chi connectivity index (χ3v) is 3.34. The molecule has 104 valence electrons. The fraction of sp³-hybridized carbons (Fsp3) is 0.533. The first-order chi connectivity index (χ1) is 9.08. The molecule has 0 saturated carbocycles. The monoisotopic (exact) mass is 263 g/mol. The van der Waals surface area contributed by atoms with Crippen LogP contribution in [0.15, 0.2) is 18.2 Å². The minimum Gasteiger partial charge on any atom is -0.483 e. The number of carbonyl (C=O) groups is 1. The molecule has 4 nitrogen and oxygen atoms in total. The zero-order valence-corrected chi connectivity index (χ0v) is 11.8. The summed E-state index contributed by atoms with van der Waals surface area (Å²) in [6.45, 7) is 7.96. The molecule has 4 heteroatoms. The van der Waals surface area contributed by atoms with Gasteiger partial charge in [0.15, 0.2) is 6.61 Å². The van der Waals surface area contributed by atoms with Gasteiger partial charge in [-0.05, 0) is 31.9 Å². The van der Waals surface area contributed by atoms with Crippen LogP contribution in [0.25, 0.3) is 0 Å². The van der Waals surface area contributed by atoms with Crippen LogP contribution in [0.3, 0.4) is 0 Å². The van der Waals surface area contributed by atoms with Crippen LogP contribution in [0, 0.1) is 13.8 Å². The molecule has 1 aliphatic heterocycles. The van der Waals surface area contributed by atoms with Gasteiger partial charge in [-0.3, -0.25) is 4.79 Å². The van der Waals surface area contributed by atoms with Crippen molar-refractivity contribution in [1.82, 2.24) is 4.90 Å². The maximum atomic E-state index is 12.1. The molecule has 1 unspecified atom stereocenters. The highest BCUT2D eigenvalue weighted by Crippen LogP contribution is 2.22. The molecule has 1 amide bonds. The minimum atomic E-state index is 0.0257. The molecule has 1 atom stereocenters. The van der Waals surface area contributed by atoms with E-state index in [0.717, 1.165) is 16.9 Å². The standard InChI is InChI=1S/C15H21NO3/c1-11-5-4-6-12(2)15(11)19-10-14(17)16-7-8-18-13(3)9-16/h4-6,13H,7-10H2,1-3H3. The molecular weight excluding hydrogens is 242 g/mol. The lowest BCUT2D eigenvalue weighted by Gasteiger charge is -2.31. The lowest BCUT2D eigenvalue weighted by molar-refractivity contribution is -0.140. The van der Waals surface area contributed by atoms with Crippen molar-refractivity contribution >= 4 is 5.91 Å². The lowest BCUT2D eigenvalue weighted by atomic mass is 10.1. The number of hydrogen-bond acceptors (Lipinski definition) is 3. The van der Waals surface area contributed by atoms with E-state index in [2.05, 4.69) is 0 Å². The molecule has 0 aromatic heterocycles. The van der Waals surface area contributed by atoms with E-state index < -0.39 is 0 Å². The number of nitrogens with zero attached hydrogens (tertiary/aromatic N) is 1. The summed E-state index contributed by atoms with van der Waals surface area (Å²) in [5, 5.41) is 0. The summed E-state index contributed by atoms with van der Waals surface area (Å²) in [6.07, 6.45) is 0.109. The lowest BCUT2D eigenvalue weighted by Crippen LogP contribution is -2.46. The summed E-state index contributed by atoms with van der Waals surface area (Å²) in [5.74, 6) is 0.843. The molecule has 0 N–H and O–H groups in total. The van der Waals surface area contributed by atoms with Gasteiger partial charge in [0.25, 0.3) is 5.91 Å². The summed E-state index contributed by atoms with van der Waals surface area (Å²) < 4.78 is 11.1. The Morgan fingerprint density at radius 1 is 1.42 bits per heavy atom. The van der Waals surface area contributed by atoms with Gasteiger partial charge in [-0.25, -0.2) is 0 Å². The summed E-state index contributed by atoms with van der Waals surface area (Å²) in [6, 6.07) is 5.97. The highest BCUT2D eigenvalue weighted by atomic mass is 16.5. The number of benzene rings is 1. The summed E-state index contributed by atoms with van der Waals surface area (Å²) >= 11 is 0. The van der Waals surface area contributed by atoms with Crippen molar-refractivity contribution in [3.63, 3.8) is 0 Å². The molecule has 1 saturated heterocycles. The predicted molar refractivity (Wildman–Crippen MR) is 73.4 cm³/mol.